The lowest BCUT2D eigenvalue weighted by Gasteiger charge is -2.30. The van der Waals surface area contributed by atoms with E-state index in [-0.39, 0.29) is 24.8 Å². The maximum atomic E-state index is 13.2. The molecule has 39 heavy (non-hydrogen) atoms. The van der Waals surface area contributed by atoms with E-state index in [0.717, 1.165) is 52.9 Å². The first kappa shape index (κ1) is 25.6. The largest absolute Gasteiger partial charge is 0.453 e. The van der Waals surface area contributed by atoms with Crippen LogP contribution in [-0.2, 0) is 24.0 Å². The number of allylic oxidation sites excluding steroid dienone is 1. The molecule has 12 heteroatoms. The van der Waals surface area contributed by atoms with Gasteiger partial charge in [0, 0.05) is 43.5 Å². The molecule has 3 aromatic rings. The van der Waals surface area contributed by atoms with Crippen molar-refractivity contribution in [3.8, 4) is 5.75 Å². The highest BCUT2D eigenvalue weighted by Crippen LogP contribution is 2.41. The smallest absolute Gasteiger partial charge is 0.451 e. The standard InChI is InChI=1S/C27H30F3N7O2/c1-3-22(39-23-15-37(18-4-5-18)34-25(23)17-8-12-38-13-9-17)20-7-6-19(14-21(20)31-2)35-10-11-36-24(16-35)32-33-26(36)27(28,29)30/h3,6-7,14-15,17-18H,2,4-5,8-13,16H2,1H3/b22-3+. The van der Waals surface area contributed by atoms with Crippen LogP contribution in [0, 0.1) is 0 Å². The summed E-state index contributed by atoms with van der Waals surface area (Å²) in [7, 11) is 0. The van der Waals surface area contributed by atoms with Crippen LogP contribution in [0.5, 0.6) is 5.75 Å². The van der Waals surface area contributed by atoms with E-state index in [1.165, 1.54) is 0 Å². The lowest BCUT2D eigenvalue weighted by Crippen LogP contribution is -2.35. The first-order valence-electron chi connectivity index (χ1n) is 13.2. The van der Waals surface area contributed by atoms with Crippen LogP contribution in [0.4, 0.5) is 24.5 Å². The first-order valence-corrected chi connectivity index (χ1v) is 13.2. The molecule has 9 nitrogen and oxygen atoms in total. The van der Waals surface area contributed by atoms with Crippen molar-refractivity contribution >= 4 is 23.9 Å². The molecule has 1 saturated heterocycles. The van der Waals surface area contributed by atoms with Gasteiger partial charge in [0.15, 0.2) is 11.6 Å². The summed E-state index contributed by atoms with van der Waals surface area (Å²) in [5, 5.41) is 12.1. The Morgan fingerprint density at radius 1 is 1.15 bits per heavy atom. The van der Waals surface area contributed by atoms with Crippen LogP contribution in [0.1, 0.15) is 67.5 Å². The number of nitrogens with zero attached hydrogens (tertiary/aromatic N) is 7. The summed E-state index contributed by atoms with van der Waals surface area (Å²) in [6.45, 7) is 7.83. The van der Waals surface area contributed by atoms with Crippen LogP contribution in [0.3, 0.4) is 0 Å². The SMILES string of the molecule is C=Nc1cc(N2CCn3c(nnc3C(F)(F)F)C2)ccc1/C(=C\C)Oc1cn(C2CC2)nc1C1CCOCC1. The summed E-state index contributed by atoms with van der Waals surface area (Å²) in [4.78, 5) is 6.22. The van der Waals surface area contributed by atoms with E-state index >= 15 is 0 Å². The van der Waals surface area contributed by atoms with E-state index in [1.807, 2.05) is 47.0 Å². The third kappa shape index (κ3) is 5.05. The highest BCUT2D eigenvalue weighted by atomic mass is 19.4. The second-order valence-electron chi connectivity index (χ2n) is 10.1. The Kier molecular flexibility index (Phi) is 6.66. The molecule has 0 amide bonds. The zero-order valence-electron chi connectivity index (χ0n) is 21.7. The molecule has 2 aliphatic heterocycles. The minimum Gasteiger partial charge on any atom is -0.453 e. The predicted octanol–water partition coefficient (Wildman–Crippen LogP) is 5.51. The molecule has 0 radical (unpaired) electrons. The van der Waals surface area contributed by atoms with Crippen LogP contribution >= 0.6 is 0 Å². The molecule has 2 fully saturated rings. The molecule has 3 aliphatic rings. The quantitative estimate of drug-likeness (QED) is 0.290. The Morgan fingerprint density at radius 3 is 2.64 bits per heavy atom. The predicted molar refractivity (Wildman–Crippen MR) is 139 cm³/mol. The van der Waals surface area contributed by atoms with Gasteiger partial charge in [-0.1, -0.05) is 0 Å². The lowest BCUT2D eigenvalue weighted by molar-refractivity contribution is -0.147. The molecular formula is C27H30F3N7O2. The fraction of sp³-hybridized carbons (Fsp3) is 0.481. The van der Waals surface area contributed by atoms with Crippen LogP contribution in [0.2, 0.25) is 0 Å². The normalized spacial score (nSPS) is 18.8. The van der Waals surface area contributed by atoms with Gasteiger partial charge in [-0.3, -0.25) is 9.67 Å². The highest BCUT2D eigenvalue weighted by molar-refractivity contribution is 5.76. The van der Waals surface area contributed by atoms with Crippen LogP contribution in [-0.4, -0.2) is 51.0 Å². The number of alkyl halides is 3. The van der Waals surface area contributed by atoms with Gasteiger partial charge in [-0.05, 0) is 63.6 Å². The second-order valence-corrected chi connectivity index (χ2v) is 10.1. The molecule has 1 aliphatic carbocycles. The van der Waals surface area contributed by atoms with Crippen LogP contribution in [0.25, 0.3) is 5.76 Å². The zero-order chi connectivity index (χ0) is 27.1. The third-order valence-electron chi connectivity index (χ3n) is 7.53. The van der Waals surface area contributed by atoms with Crippen molar-refractivity contribution in [2.24, 2.45) is 4.99 Å². The van der Waals surface area contributed by atoms with Gasteiger partial charge < -0.3 is 18.9 Å². The number of rotatable bonds is 7. The number of aromatic nitrogens is 5. The number of hydrogen-bond acceptors (Lipinski definition) is 7. The molecule has 4 heterocycles. The van der Waals surface area contributed by atoms with Crippen molar-refractivity contribution in [3.63, 3.8) is 0 Å². The monoisotopic (exact) mass is 541 g/mol. The topological polar surface area (TPSA) is 82.6 Å². The molecule has 0 bridgehead atoms. The lowest BCUT2D eigenvalue weighted by atomic mass is 9.96. The number of anilines is 1. The van der Waals surface area contributed by atoms with Gasteiger partial charge in [0.2, 0.25) is 5.82 Å². The summed E-state index contributed by atoms with van der Waals surface area (Å²) in [6.07, 6.45) is 3.44. The van der Waals surface area contributed by atoms with Crippen LogP contribution < -0.4 is 9.64 Å². The molecule has 1 aromatic carbocycles. The molecule has 1 saturated carbocycles. The molecule has 206 valence electrons. The molecule has 0 atom stereocenters. The number of aliphatic imine (C=N–C) groups is 1. The number of benzene rings is 1. The van der Waals surface area contributed by atoms with Crippen LogP contribution in [0.15, 0.2) is 35.5 Å². The van der Waals surface area contributed by atoms with Gasteiger partial charge in [0.05, 0.1) is 24.5 Å². The molecule has 0 N–H and O–H groups in total. The first-order chi connectivity index (χ1) is 18.9. The Labute approximate surface area is 223 Å². The third-order valence-corrected chi connectivity index (χ3v) is 7.53. The summed E-state index contributed by atoms with van der Waals surface area (Å²) in [5.41, 5.74) is 3.16. The van der Waals surface area contributed by atoms with E-state index in [0.29, 0.717) is 37.2 Å². The van der Waals surface area contributed by atoms with Crippen molar-refractivity contribution in [2.75, 3.05) is 24.7 Å². The maximum Gasteiger partial charge on any atom is 0.451 e. The second kappa shape index (κ2) is 10.1. The maximum absolute atomic E-state index is 13.2. The fourth-order valence-corrected chi connectivity index (χ4v) is 5.28. The molecule has 2 aromatic heterocycles. The number of hydrogen-bond donors (Lipinski definition) is 0. The Morgan fingerprint density at radius 2 is 1.95 bits per heavy atom. The van der Waals surface area contributed by atoms with E-state index in [2.05, 4.69) is 21.9 Å². The molecule has 0 spiro atoms. The molecular weight excluding hydrogens is 511 g/mol. The number of fused-ring (bicyclic) bond motifs is 1. The van der Waals surface area contributed by atoms with E-state index in [4.69, 9.17) is 14.6 Å². The van der Waals surface area contributed by atoms with Crippen molar-refractivity contribution < 1.29 is 22.6 Å². The zero-order valence-corrected chi connectivity index (χ0v) is 21.7. The summed E-state index contributed by atoms with van der Waals surface area (Å²) in [6, 6.07) is 6.14. The van der Waals surface area contributed by atoms with E-state index < -0.39 is 12.0 Å². The van der Waals surface area contributed by atoms with E-state index in [1.54, 1.807) is 0 Å². The Bertz CT molecular complexity index is 1400. The van der Waals surface area contributed by atoms with Gasteiger partial charge in [-0.2, -0.15) is 18.3 Å². The number of ether oxygens (including phenoxy) is 2. The fourth-order valence-electron chi connectivity index (χ4n) is 5.28. The van der Waals surface area contributed by atoms with Crippen molar-refractivity contribution in [1.82, 2.24) is 24.5 Å². The average Bonchev–Trinajstić information content (AvgIpc) is 3.56. The van der Waals surface area contributed by atoms with Gasteiger partial charge in [-0.25, -0.2) is 0 Å². The molecule has 0 unspecified atom stereocenters. The Balaban J connectivity index is 1.25. The summed E-state index contributed by atoms with van der Waals surface area (Å²) < 4.78 is 54.9. The average molecular weight is 542 g/mol. The summed E-state index contributed by atoms with van der Waals surface area (Å²) >= 11 is 0. The minimum atomic E-state index is -4.53. The van der Waals surface area contributed by atoms with Crippen molar-refractivity contribution in [1.29, 1.82) is 0 Å². The van der Waals surface area contributed by atoms with Gasteiger partial charge in [0.1, 0.15) is 11.5 Å². The highest BCUT2D eigenvalue weighted by Gasteiger charge is 2.39. The van der Waals surface area contributed by atoms with Gasteiger partial charge in [0.25, 0.3) is 0 Å². The number of halogens is 3. The summed E-state index contributed by atoms with van der Waals surface area (Å²) in [5.74, 6) is 0.986. The van der Waals surface area contributed by atoms with Crippen molar-refractivity contribution in [2.45, 2.75) is 63.8 Å². The van der Waals surface area contributed by atoms with Crippen molar-refractivity contribution in [3.05, 3.63) is 53.4 Å². The van der Waals surface area contributed by atoms with E-state index in [9.17, 15) is 13.2 Å². The Hall–Kier alpha value is -3.67. The van der Waals surface area contributed by atoms with Gasteiger partial charge >= 0.3 is 6.18 Å². The van der Waals surface area contributed by atoms with Gasteiger partial charge in [-0.15, -0.1) is 10.2 Å². The molecule has 6 rings (SSSR count). The minimum absolute atomic E-state index is 0.138.